The Hall–Kier alpha value is -0.260. The normalized spacial score (nSPS) is 14.3. The lowest BCUT2D eigenvalue weighted by molar-refractivity contribution is 0.0962. The molecule has 16 heavy (non-hydrogen) atoms. The summed E-state index contributed by atoms with van der Waals surface area (Å²) in [5, 5.41) is 2.83. The third-order valence-electron chi connectivity index (χ3n) is 2.29. The molecule has 0 unspecified atom stereocenters. The Bertz CT molecular complexity index is 404. The fourth-order valence-electron chi connectivity index (χ4n) is 1.52. The van der Waals surface area contributed by atoms with Crippen LogP contribution in [-0.4, -0.2) is 18.2 Å². The highest BCUT2D eigenvalue weighted by molar-refractivity contribution is 9.11. The molecular weight excluding hydrogens is 306 g/mol. The minimum absolute atomic E-state index is 0.00463. The number of amides is 1. The molecule has 2 heterocycles. The standard InChI is InChI=1S/C11H12BrNOS2/c1-7(12)5-13-11(14)10-4-8-6-15-3-2-9(8)16-10/h4H,1-3,5-6H2,(H,13,14). The molecule has 0 bridgehead atoms. The van der Waals surface area contributed by atoms with Crippen molar-refractivity contribution in [1.82, 2.24) is 5.32 Å². The molecule has 0 radical (unpaired) electrons. The number of hydrogen-bond acceptors (Lipinski definition) is 3. The summed E-state index contributed by atoms with van der Waals surface area (Å²) in [6, 6.07) is 2.03. The molecule has 1 aromatic rings. The zero-order valence-electron chi connectivity index (χ0n) is 8.72. The summed E-state index contributed by atoms with van der Waals surface area (Å²) in [6.45, 7) is 4.17. The summed E-state index contributed by atoms with van der Waals surface area (Å²) in [5.74, 6) is 2.22. The van der Waals surface area contributed by atoms with Crippen molar-refractivity contribution in [2.75, 3.05) is 12.3 Å². The Morgan fingerprint density at radius 2 is 2.44 bits per heavy atom. The number of thioether (sulfide) groups is 1. The predicted octanol–water partition coefficient (Wildman–Crippen LogP) is 3.18. The van der Waals surface area contributed by atoms with Crippen LogP contribution in [0, 0.1) is 0 Å². The quantitative estimate of drug-likeness (QED) is 0.927. The van der Waals surface area contributed by atoms with Gasteiger partial charge in [0, 0.05) is 21.7 Å². The summed E-state index contributed by atoms with van der Waals surface area (Å²) < 4.78 is 0.790. The SMILES string of the molecule is C=C(Br)CNC(=O)c1cc2c(s1)CCSC2. The minimum Gasteiger partial charge on any atom is -0.347 e. The van der Waals surface area contributed by atoms with E-state index in [1.807, 2.05) is 17.8 Å². The number of carbonyl (C=O) groups is 1. The number of thiophene rings is 1. The molecule has 0 aromatic carbocycles. The lowest BCUT2D eigenvalue weighted by atomic mass is 10.2. The van der Waals surface area contributed by atoms with E-state index in [1.54, 1.807) is 11.3 Å². The van der Waals surface area contributed by atoms with Crippen molar-refractivity contribution in [2.24, 2.45) is 0 Å². The third-order valence-corrected chi connectivity index (χ3v) is 4.82. The van der Waals surface area contributed by atoms with Gasteiger partial charge in [-0.3, -0.25) is 4.79 Å². The van der Waals surface area contributed by atoms with E-state index in [0.717, 1.165) is 21.5 Å². The van der Waals surface area contributed by atoms with Crippen LogP contribution in [-0.2, 0) is 12.2 Å². The molecule has 1 aliphatic rings. The molecule has 2 nitrogen and oxygen atoms in total. The second kappa shape index (κ2) is 5.38. The van der Waals surface area contributed by atoms with Crippen molar-refractivity contribution >= 4 is 44.9 Å². The van der Waals surface area contributed by atoms with Gasteiger partial charge in [-0.1, -0.05) is 22.5 Å². The summed E-state index contributed by atoms with van der Waals surface area (Å²) >= 11 is 6.78. The molecule has 1 N–H and O–H groups in total. The second-order valence-corrected chi connectivity index (χ2v) is 6.92. The van der Waals surface area contributed by atoms with Crippen molar-refractivity contribution in [3.63, 3.8) is 0 Å². The Morgan fingerprint density at radius 1 is 1.62 bits per heavy atom. The average molecular weight is 318 g/mol. The van der Waals surface area contributed by atoms with Gasteiger partial charge in [-0.05, 0) is 23.8 Å². The molecule has 1 aliphatic heterocycles. The molecule has 0 saturated carbocycles. The Morgan fingerprint density at radius 3 is 3.12 bits per heavy atom. The topological polar surface area (TPSA) is 29.1 Å². The van der Waals surface area contributed by atoms with Crippen LogP contribution in [0.2, 0.25) is 0 Å². The highest BCUT2D eigenvalue weighted by Crippen LogP contribution is 2.31. The van der Waals surface area contributed by atoms with Gasteiger partial charge in [-0.15, -0.1) is 11.3 Å². The van der Waals surface area contributed by atoms with Gasteiger partial charge < -0.3 is 5.32 Å². The first-order valence-corrected chi connectivity index (χ1v) is 7.74. The van der Waals surface area contributed by atoms with Crippen molar-refractivity contribution in [3.05, 3.63) is 32.4 Å². The smallest absolute Gasteiger partial charge is 0.261 e. The molecular formula is C11H12BrNOS2. The number of fused-ring (bicyclic) bond motifs is 1. The van der Waals surface area contributed by atoms with Gasteiger partial charge in [-0.2, -0.15) is 11.8 Å². The first-order chi connectivity index (χ1) is 7.66. The van der Waals surface area contributed by atoms with Crippen LogP contribution in [0.1, 0.15) is 20.1 Å². The number of rotatable bonds is 3. The number of carbonyl (C=O) groups excluding carboxylic acids is 1. The Balaban J connectivity index is 2.06. The van der Waals surface area contributed by atoms with E-state index in [-0.39, 0.29) is 5.91 Å². The van der Waals surface area contributed by atoms with Crippen LogP contribution in [0.3, 0.4) is 0 Å². The van der Waals surface area contributed by atoms with E-state index in [4.69, 9.17) is 0 Å². The van der Waals surface area contributed by atoms with Crippen molar-refractivity contribution in [1.29, 1.82) is 0 Å². The maximum absolute atomic E-state index is 11.8. The maximum Gasteiger partial charge on any atom is 0.261 e. The van der Waals surface area contributed by atoms with Gasteiger partial charge in [0.15, 0.2) is 0 Å². The van der Waals surface area contributed by atoms with Crippen molar-refractivity contribution in [2.45, 2.75) is 12.2 Å². The maximum atomic E-state index is 11.8. The predicted molar refractivity (Wildman–Crippen MR) is 74.6 cm³/mol. The zero-order chi connectivity index (χ0) is 11.5. The molecule has 0 aliphatic carbocycles. The molecule has 0 fully saturated rings. The Labute approximate surface area is 112 Å². The van der Waals surface area contributed by atoms with Crippen LogP contribution >= 0.6 is 39.0 Å². The number of aryl methyl sites for hydroxylation is 1. The molecule has 1 aromatic heterocycles. The Kier molecular flexibility index (Phi) is 4.10. The molecule has 5 heteroatoms. The van der Waals surface area contributed by atoms with Crippen LogP contribution in [0.4, 0.5) is 0 Å². The first kappa shape index (κ1) is 12.2. The van der Waals surface area contributed by atoms with Gasteiger partial charge in [0.05, 0.1) is 4.88 Å². The van der Waals surface area contributed by atoms with Crippen molar-refractivity contribution < 1.29 is 4.79 Å². The van der Waals surface area contributed by atoms with E-state index in [0.29, 0.717) is 6.54 Å². The largest absolute Gasteiger partial charge is 0.347 e. The van der Waals surface area contributed by atoms with E-state index < -0.39 is 0 Å². The highest BCUT2D eigenvalue weighted by atomic mass is 79.9. The van der Waals surface area contributed by atoms with Gasteiger partial charge in [0.1, 0.15) is 0 Å². The first-order valence-electron chi connectivity index (χ1n) is 4.97. The van der Waals surface area contributed by atoms with Crippen LogP contribution in [0.15, 0.2) is 17.1 Å². The minimum atomic E-state index is 0.00463. The van der Waals surface area contributed by atoms with Gasteiger partial charge in [-0.25, -0.2) is 0 Å². The third kappa shape index (κ3) is 2.90. The lowest BCUT2D eigenvalue weighted by Gasteiger charge is -2.08. The van der Waals surface area contributed by atoms with E-state index in [9.17, 15) is 4.79 Å². The van der Waals surface area contributed by atoms with Crippen LogP contribution < -0.4 is 5.32 Å². The van der Waals surface area contributed by atoms with E-state index in [2.05, 4.69) is 27.8 Å². The van der Waals surface area contributed by atoms with Crippen LogP contribution in [0.25, 0.3) is 0 Å². The highest BCUT2D eigenvalue weighted by Gasteiger charge is 2.17. The van der Waals surface area contributed by atoms with Crippen LogP contribution in [0.5, 0.6) is 0 Å². The van der Waals surface area contributed by atoms with Gasteiger partial charge in [0.25, 0.3) is 5.91 Å². The van der Waals surface area contributed by atoms with Gasteiger partial charge >= 0.3 is 0 Å². The molecule has 86 valence electrons. The zero-order valence-corrected chi connectivity index (χ0v) is 11.9. The van der Waals surface area contributed by atoms with E-state index >= 15 is 0 Å². The number of hydrogen-bond donors (Lipinski definition) is 1. The fourth-order valence-corrected chi connectivity index (χ4v) is 3.95. The lowest BCUT2D eigenvalue weighted by Crippen LogP contribution is -2.23. The number of nitrogens with one attached hydrogen (secondary N) is 1. The number of halogens is 1. The molecule has 0 atom stereocenters. The molecule has 0 saturated heterocycles. The summed E-state index contributed by atoms with van der Waals surface area (Å²) in [6.07, 6.45) is 1.10. The summed E-state index contributed by atoms with van der Waals surface area (Å²) in [7, 11) is 0. The van der Waals surface area contributed by atoms with Gasteiger partial charge in [0.2, 0.25) is 0 Å². The average Bonchev–Trinajstić information content (AvgIpc) is 2.69. The molecule has 2 rings (SSSR count). The second-order valence-electron chi connectivity index (χ2n) is 3.56. The fraction of sp³-hybridized carbons (Fsp3) is 0.364. The van der Waals surface area contributed by atoms with Crippen molar-refractivity contribution in [3.8, 4) is 0 Å². The molecule has 1 amide bonds. The monoisotopic (exact) mass is 317 g/mol. The summed E-state index contributed by atoms with van der Waals surface area (Å²) in [5.41, 5.74) is 1.34. The summed E-state index contributed by atoms with van der Waals surface area (Å²) in [4.78, 5) is 14.0. The molecule has 0 spiro atoms. The van der Waals surface area contributed by atoms with E-state index in [1.165, 1.54) is 16.2 Å².